The summed E-state index contributed by atoms with van der Waals surface area (Å²) in [6, 6.07) is 3.50. The van der Waals surface area contributed by atoms with Gasteiger partial charge in [-0.05, 0) is 64.9 Å². The van der Waals surface area contributed by atoms with Crippen molar-refractivity contribution in [3.8, 4) is 11.5 Å². The molecule has 0 saturated heterocycles. The van der Waals surface area contributed by atoms with Crippen molar-refractivity contribution < 1.29 is 19.1 Å². The van der Waals surface area contributed by atoms with Crippen LogP contribution in [0.15, 0.2) is 17.7 Å². The molecule has 0 heterocycles. The Morgan fingerprint density at radius 2 is 1.74 bits per heavy atom. The van der Waals surface area contributed by atoms with E-state index < -0.39 is 0 Å². The third kappa shape index (κ3) is 10.3. The Morgan fingerprint density at radius 3 is 2.26 bits per heavy atom. The third-order valence-electron chi connectivity index (χ3n) is 6.31. The van der Waals surface area contributed by atoms with E-state index in [1.54, 1.807) is 25.3 Å². The molecule has 198 valence electrons. The Kier molecular flexibility index (Phi) is 14.1. The summed E-state index contributed by atoms with van der Waals surface area (Å²) in [7, 11) is 3.49. The first kappa shape index (κ1) is 30.5. The van der Waals surface area contributed by atoms with E-state index in [-0.39, 0.29) is 22.8 Å². The van der Waals surface area contributed by atoms with E-state index in [9.17, 15) is 9.59 Å². The maximum absolute atomic E-state index is 13.0. The van der Waals surface area contributed by atoms with Gasteiger partial charge >= 0.3 is 0 Å². The smallest absolute Gasteiger partial charge is 0.255 e. The maximum Gasteiger partial charge on any atom is 0.255 e. The largest absolute Gasteiger partial charge is 0.493 e. The average Bonchev–Trinajstić information content (AvgIpc) is 3.05. The van der Waals surface area contributed by atoms with Gasteiger partial charge in [0.05, 0.1) is 25.0 Å². The lowest BCUT2D eigenvalue weighted by molar-refractivity contribution is -0.122. The number of benzene rings is 1. The van der Waals surface area contributed by atoms with E-state index >= 15 is 0 Å². The standard InChI is InChI=1S/C25H38N2O4.C3H9N/c1-5-6-11-16-31-23-21(30-4)13-12-19(22(23)26)17-20(18(2)28)24(29)27-25(3)14-9-7-8-10-15-25;1-3-4-2/h12-13,17H,5-11,14-16,26H2,1-4H3,(H,27,29);4H,3H2,1-2H3/b20-17+;. The van der Waals surface area contributed by atoms with Crippen LogP contribution in [-0.4, -0.2) is 44.5 Å². The molecule has 1 aromatic carbocycles. The molecule has 1 aliphatic carbocycles. The molecular weight excluding hydrogens is 442 g/mol. The third-order valence-corrected chi connectivity index (χ3v) is 6.31. The molecule has 35 heavy (non-hydrogen) atoms. The Balaban J connectivity index is 0.00000142. The quantitative estimate of drug-likeness (QED) is 0.0977. The first-order valence-corrected chi connectivity index (χ1v) is 13.0. The number of carbonyl (C=O) groups excluding carboxylic acids is 2. The summed E-state index contributed by atoms with van der Waals surface area (Å²) in [4.78, 5) is 25.4. The second kappa shape index (κ2) is 16.2. The minimum absolute atomic E-state index is 0.0965. The lowest BCUT2D eigenvalue weighted by atomic mass is 9.91. The fraction of sp³-hybridized carbons (Fsp3) is 0.643. The number of amides is 1. The van der Waals surface area contributed by atoms with E-state index in [4.69, 9.17) is 15.2 Å². The highest BCUT2D eigenvalue weighted by Crippen LogP contribution is 2.37. The van der Waals surface area contributed by atoms with Crippen molar-refractivity contribution in [1.82, 2.24) is 10.6 Å². The van der Waals surface area contributed by atoms with Gasteiger partial charge in [-0.1, -0.05) is 52.4 Å². The molecule has 0 unspecified atom stereocenters. The molecule has 0 spiro atoms. The summed E-state index contributed by atoms with van der Waals surface area (Å²) >= 11 is 0. The van der Waals surface area contributed by atoms with Gasteiger partial charge in [-0.25, -0.2) is 0 Å². The van der Waals surface area contributed by atoms with Crippen LogP contribution in [0.3, 0.4) is 0 Å². The molecule has 1 amide bonds. The highest BCUT2D eigenvalue weighted by Gasteiger charge is 2.29. The van der Waals surface area contributed by atoms with Crippen molar-refractivity contribution in [3.63, 3.8) is 0 Å². The van der Waals surface area contributed by atoms with Crippen LogP contribution in [-0.2, 0) is 9.59 Å². The van der Waals surface area contributed by atoms with Crippen molar-refractivity contribution in [2.45, 2.75) is 91.0 Å². The van der Waals surface area contributed by atoms with Gasteiger partial charge in [0.25, 0.3) is 5.91 Å². The lowest BCUT2D eigenvalue weighted by Gasteiger charge is -2.29. The number of hydrogen-bond donors (Lipinski definition) is 3. The fourth-order valence-corrected chi connectivity index (χ4v) is 4.01. The number of nitrogens with two attached hydrogens (primary N) is 1. The molecule has 1 aromatic rings. The first-order valence-electron chi connectivity index (χ1n) is 13.0. The molecule has 0 aromatic heterocycles. The summed E-state index contributed by atoms with van der Waals surface area (Å²) < 4.78 is 11.3. The van der Waals surface area contributed by atoms with E-state index in [1.165, 1.54) is 19.8 Å². The predicted octanol–water partition coefficient (Wildman–Crippen LogP) is 5.27. The summed E-state index contributed by atoms with van der Waals surface area (Å²) in [6.07, 6.45) is 11.0. The van der Waals surface area contributed by atoms with Crippen LogP contribution in [0.1, 0.15) is 91.0 Å². The van der Waals surface area contributed by atoms with Crippen molar-refractivity contribution in [3.05, 3.63) is 23.3 Å². The zero-order valence-corrected chi connectivity index (χ0v) is 22.7. The topological polar surface area (TPSA) is 103 Å². The monoisotopic (exact) mass is 489 g/mol. The molecule has 0 aliphatic heterocycles. The number of ketones is 1. The number of nitrogens with one attached hydrogen (secondary N) is 2. The summed E-state index contributed by atoms with van der Waals surface area (Å²) in [6.45, 7) is 9.27. The highest BCUT2D eigenvalue weighted by atomic mass is 16.5. The van der Waals surface area contributed by atoms with Crippen LogP contribution in [0.2, 0.25) is 0 Å². The number of anilines is 1. The zero-order valence-electron chi connectivity index (χ0n) is 22.7. The second-order valence-corrected chi connectivity index (χ2v) is 9.41. The van der Waals surface area contributed by atoms with Gasteiger partial charge in [-0.3, -0.25) is 9.59 Å². The fourth-order valence-electron chi connectivity index (χ4n) is 4.01. The van der Waals surface area contributed by atoms with Crippen molar-refractivity contribution in [1.29, 1.82) is 0 Å². The molecule has 0 atom stereocenters. The molecule has 7 nitrogen and oxygen atoms in total. The molecule has 1 aliphatic rings. The number of ether oxygens (including phenoxy) is 2. The summed E-state index contributed by atoms with van der Waals surface area (Å²) in [5.74, 6) is 0.338. The molecular formula is C28H47N3O4. The molecule has 7 heteroatoms. The normalized spacial score (nSPS) is 15.3. The lowest BCUT2D eigenvalue weighted by Crippen LogP contribution is -2.46. The first-order chi connectivity index (χ1) is 16.7. The number of Topliss-reactive ketones (excluding diaryl/α,β-unsaturated/α-hetero) is 1. The molecule has 4 N–H and O–H groups in total. The van der Waals surface area contributed by atoms with Crippen molar-refractivity contribution in [2.24, 2.45) is 0 Å². The molecule has 1 saturated carbocycles. The molecule has 0 bridgehead atoms. The highest BCUT2D eigenvalue weighted by molar-refractivity contribution is 6.22. The number of hydrogen-bond acceptors (Lipinski definition) is 6. The number of carbonyl (C=O) groups is 2. The van der Waals surface area contributed by atoms with Crippen LogP contribution in [0.4, 0.5) is 5.69 Å². The predicted molar refractivity (Wildman–Crippen MR) is 145 cm³/mol. The van der Waals surface area contributed by atoms with Crippen LogP contribution in [0, 0.1) is 0 Å². The van der Waals surface area contributed by atoms with E-state index in [0.717, 1.165) is 51.5 Å². The van der Waals surface area contributed by atoms with Gasteiger partial charge in [0, 0.05) is 11.1 Å². The Morgan fingerprint density at radius 1 is 1.11 bits per heavy atom. The van der Waals surface area contributed by atoms with Gasteiger partial charge in [-0.2, -0.15) is 0 Å². The Bertz CT molecular complexity index is 826. The van der Waals surface area contributed by atoms with Crippen molar-refractivity contribution >= 4 is 23.5 Å². The minimum atomic E-state index is -0.350. The van der Waals surface area contributed by atoms with Crippen LogP contribution < -0.4 is 25.8 Å². The van der Waals surface area contributed by atoms with Gasteiger partial charge < -0.3 is 25.8 Å². The van der Waals surface area contributed by atoms with Gasteiger partial charge in [0.2, 0.25) is 0 Å². The van der Waals surface area contributed by atoms with E-state index in [1.807, 2.05) is 7.05 Å². The Labute approximate surface area is 212 Å². The van der Waals surface area contributed by atoms with E-state index in [2.05, 4.69) is 31.4 Å². The number of rotatable bonds is 11. The average molecular weight is 490 g/mol. The van der Waals surface area contributed by atoms with Gasteiger partial charge in [0.1, 0.15) is 0 Å². The minimum Gasteiger partial charge on any atom is -0.493 e. The molecule has 0 radical (unpaired) electrons. The molecule has 2 rings (SSSR count). The van der Waals surface area contributed by atoms with Crippen molar-refractivity contribution in [2.75, 3.05) is 33.0 Å². The second-order valence-electron chi connectivity index (χ2n) is 9.41. The zero-order chi connectivity index (χ0) is 26.3. The van der Waals surface area contributed by atoms with Crippen LogP contribution in [0.25, 0.3) is 6.08 Å². The number of unbranched alkanes of at least 4 members (excludes halogenated alkanes) is 2. The maximum atomic E-state index is 13.0. The Hall–Kier alpha value is -2.54. The van der Waals surface area contributed by atoms with Crippen LogP contribution in [0.5, 0.6) is 11.5 Å². The van der Waals surface area contributed by atoms with Gasteiger partial charge in [-0.15, -0.1) is 0 Å². The SMILES string of the molecule is CCCCCOc1c(OC)ccc(/C=C(\C(C)=O)C(=O)NC2(C)CCCCCC2)c1N.CCNC. The number of nitrogen functional groups attached to an aromatic ring is 1. The summed E-state index contributed by atoms with van der Waals surface area (Å²) in [5, 5.41) is 6.05. The number of methoxy groups -OCH3 is 1. The van der Waals surface area contributed by atoms with Crippen LogP contribution >= 0.6 is 0 Å². The molecule has 1 fully saturated rings. The van der Waals surface area contributed by atoms with E-state index in [0.29, 0.717) is 29.4 Å². The summed E-state index contributed by atoms with van der Waals surface area (Å²) in [5.41, 5.74) is 7.10. The van der Waals surface area contributed by atoms with Gasteiger partial charge in [0.15, 0.2) is 17.3 Å².